The van der Waals surface area contributed by atoms with Crippen LogP contribution in [0.5, 0.6) is 0 Å². The van der Waals surface area contributed by atoms with E-state index in [1.807, 2.05) is 11.3 Å². The van der Waals surface area contributed by atoms with Gasteiger partial charge < -0.3 is 5.32 Å². The zero-order chi connectivity index (χ0) is 16.4. The number of thiophene rings is 1. The van der Waals surface area contributed by atoms with E-state index in [9.17, 15) is 4.79 Å². The molecule has 1 aliphatic heterocycles. The summed E-state index contributed by atoms with van der Waals surface area (Å²) in [5.74, 6) is 0.527. The molecule has 0 bridgehead atoms. The summed E-state index contributed by atoms with van der Waals surface area (Å²) in [5.41, 5.74) is 2.91. The number of nitrogens with zero attached hydrogens (tertiary/aromatic N) is 2. The highest BCUT2D eigenvalue weighted by Crippen LogP contribution is 2.23. The first kappa shape index (κ1) is 15.8. The summed E-state index contributed by atoms with van der Waals surface area (Å²) >= 11 is 1.82. The number of fused-ring (bicyclic) bond motifs is 1. The average molecular weight is 344 g/mol. The molecule has 0 aromatic carbocycles. The number of H-pyrrole nitrogens is 1. The lowest BCUT2D eigenvalue weighted by Crippen LogP contribution is -2.40. The van der Waals surface area contributed by atoms with Crippen LogP contribution in [0, 0.1) is 5.92 Å². The van der Waals surface area contributed by atoms with Crippen molar-refractivity contribution in [2.45, 2.75) is 38.6 Å². The minimum atomic E-state index is -0.00946. The van der Waals surface area contributed by atoms with Gasteiger partial charge in [-0.1, -0.05) is 6.07 Å². The van der Waals surface area contributed by atoms with E-state index in [1.165, 1.54) is 17.7 Å². The van der Waals surface area contributed by atoms with Gasteiger partial charge in [-0.15, -0.1) is 11.3 Å². The van der Waals surface area contributed by atoms with Crippen molar-refractivity contribution in [3.05, 3.63) is 39.3 Å². The number of hydrogen-bond donors (Lipinski definition) is 2. The summed E-state index contributed by atoms with van der Waals surface area (Å²) in [6.45, 7) is 4.02. The van der Waals surface area contributed by atoms with Crippen LogP contribution in [-0.2, 0) is 19.4 Å². The Labute approximate surface area is 146 Å². The van der Waals surface area contributed by atoms with Crippen LogP contribution in [0.25, 0.3) is 0 Å². The number of aromatic nitrogens is 2. The van der Waals surface area contributed by atoms with Gasteiger partial charge in [0.25, 0.3) is 5.91 Å². The van der Waals surface area contributed by atoms with Gasteiger partial charge in [-0.3, -0.25) is 14.8 Å². The Kier molecular flexibility index (Phi) is 4.67. The number of carbonyl (C=O) groups is 1. The summed E-state index contributed by atoms with van der Waals surface area (Å²) in [4.78, 5) is 16.4. The third kappa shape index (κ3) is 3.39. The second-order valence-electron chi connectivity index (χ2n) is 6.92. The minimum Gasteiger partial charge on any atom is -0.350 e. The van der Waals surface area contributed by atoms with Gasteiger partial charge >= 0.3 is 0 Å². The first-order valence-electron chi connectivity index (χ1n) is 8.88. The van der Waals surface area contributed by atoms with Gasteiger partial charge in [-0.2, -0.15) is 5.10 Å². The molecular weight excluding hydrogens is 320 g/mol. The molecule has 2 aliphatic rings. The molecule has 128 valence electrons. The van der Waals surface area contributed by atoms with E-state index in [0.29, 0.717) is 11.6 Å². The summed E-state index contributed by atoms with van der Waals surface area (Å²) in [6.07, 6.45) is 5.54. The lowest BCUT2D eigenvalue weighted by molar-refractivity contribution is 0.0925. The van der Waals surface area contributed by atoms with E-state index in [1.54, 1.807) is 0 Å². The molecule has 5 nitrogen and oxygen atoms in total. The number of nitrogens with one attached hydrogen (secondary N) is 2. The molecule has 1 saturated heterocycles. The molecule has 0 saturated carbocycles. The summed E-state index contributed by atoms with van der Waals surface area (Å²) in [6, 6.07) is 4.32. The molecule has 1 atom stereocenters. The van der Waals surface area contributed by atoms with E-state index < -0.39 is 0 Å². The molecule has 1 fully saturated rings. The summed E-state index contributed by atoms with van der Waals surface area (Å²) in [5, 5.41) is 12.5. The van der Waals surface area contributed by atoms with Crippen molar-refractivity contribution < 1.29 is 4.79 Å². The molecule has 2 aromatic heterocycles. The second-order valence-corrected chi connectivity index (χ2v) is 7.95. The van der Waals surface area contributed by atoms with E-state index in [0.717, 1.165) is 56.7 Å². The molecule has 24 heavy (non-hydrogen) atoms. The molecule has 0 radical (unpaired) electrons. The van der Waals surface area contributed by atoms with Crippen molar-refractivity contribution >= 4 is 17.2 Å². The van der Waals surface area contributed by atoms with Crippen molar-refractivity contribution in [2.24, 2.45) is 5.92 Å². The Morgan fingerprint density at radius 2 is 2.38 bits per heavy atom. The van der Waals surface area contributed by atoms with Crippen molar-refractivity contribution in [3.63, 3.8) is 0 Å². The van der Waals surface area contributed by atoms with Gasteiger partial charge in [0.05, 0.1) is 0 Å². The van der Waals surface area contributed by atoms with Gasteiger partial charge in [0.1, 0.15) is 0 Å². The minimum absolute atomic E-state index is 0.00946. The van der Waals surface area contributed by atoms with Crippen LogP contribution in [0.2, 0.25) is 0 Å². The fourth-order valence-corrected chi connectivity index (χ4v) is 4.66. The smallest absolute Gasteiger partial charge is 0.272 e. The van der Waals surface area contributed by atoms with Crippen molar-refractivity contribution in [1.29, 1.82) is 0 Å². The third-order valence-electron chi connectivity index (χ3n) is 5.14. The van der Waals surface area contributed by atoms with Crippen LogP contribution < -0.4 is 5.32 Å². The molecule has 1 aliphatic carbocycles. The third-order valence-corrected chi connectivity index (χ3v) is 6.00. The van der Waals surface area contributed by atoms with Crippen molar-refractivity contribution in [1.82, 2.24) is 20.4 Å². The first-order chi connectivity index (χ1) is 11.8. The number of rotatable bonds is 5. The Bertz CT molecular complexity index is 694. The van der Waals surface area contributed by atoms with Gasteiger partial charge in [0.2, 0.25) is 0 Å². The number of carbonyl (C=O) groups excluding carboxylic acids is 1. The van der Waals surface area contributed by atoms with Crippen molar-refractivity contribution in [2.75, 3.05) is 19.6 Å². The maximum Gasteiger partial charge on any atom is 0.272 e. The fraction of sp³-hybridized carbons (Fsp3) is 0.556. The Morgan fingerprint density at radius 3 is 3.25 bits per heavy atom. The number of hydrogen-bond acceptors (Lipinski definition) is 4. The number of aromatic amines is 1. The van der Waals surface area contributed by atoms with Crippen LogP contribution in [0.4, 0.5) is 0 Å². The van der Waals surface area contributed by atoms with Crippen LogP contribution in [0.1, 0.15) is 45.9 Å². The zero-order valence-corrected chi connectivity index (χ0v) is 14.7. The van der Waals surface area contributed by atoms with E-state index in [2.05, 4.69) is 37.9 Å². The zero-order valence-electron chi connectivity index (χ0n) is 13.9. The van der Waals surface area contributed by atoms with E-state index >= 15 is 0 Å². The Balaban J connectivity index is 1.29. The number of aryl methyl sites for hydroxylation is 1. The molecule has 0 spiro atoms. The topological polar surface area (TPSA) is 61.0 Å². The second kappa shape index (κ2) is 7.07. The molecular formula is C18H24N4OS. The summed E-state index contributed by atoms with van der Waals surface area (Å²) in [7, 11) is 0. The van der Waals surface area contributed by atoms with Gasteiger partial charge in [-0.05, 0) is 56.0 Å². The van der Waals surface area contributed by atoms with Crippen LogP contribution in [0.15, 0.2) is 17.5 Å². The Hall–Kier alpha value is -1.66. The molecule has 1 amide bonds. The lowest BCUT2D eigenvalue weighted by Gasteiger charge is -2.32. The lowest BCUT2D eigenvalue weighted by atomic mass is 9.98. The fourth-order valence-electron chi connectivity index (χ4n) is 3.91. The number of likely N-dealkylation sites (tertiary alicyclic amines) is 1. The predicted octanol–water partition coefficient (Wildman–Crippen LogP) is 2.60. The van der Waals surface area contributed by atoms with Gasteiger partial charge in [0.15, 0.2) is 5.69 Å². The Morgan fingerprint density at radius 1 is 1.42 bits per heavy atom. The molecule has 3 heterocycles. The SMILES string of the molecule is O=C(NCC1CCCN(Cc2cccs2)C1)c1n[nH]c2c1CCC2. The normalized spacial score (nSPS) is 20.9. The van der Waals surface area contributed by atoms with Crippen molar-refractivity contribution in [3.8, 4) is 0 Å². The maximum atomic E-state index is 12.4. The van der Waals surface area contributed by atoms with Crippen LogP contribution in [0.3, 0.4) is 0 Å². The van der Waals surface area contributed by atoms with Gasteiger partial charge in [-0.25, -0.2) is 0 Å². The summed E-state index contributed by atoms with van der Waals surface area (Å²) < 4.78 is 0. The largest absolute Gasteiger partial charge is 0.350 e. The van der Waals surface area contributed by atoms with E-state index in [4.69, 9.17) is 0 Å². The molecule has 2 aromatic rings. The number of piperidine rings is 1. The molecule has 4 rings (SSSR count). The predicted molar refractivity (Wildman–Crippen MR) is 95.3 cm³/mol. The monoisotopic (exact) mass is 344 g/mol. The van der Waals surface area contributed by atoms with Gasteiger partial charge in [0, 0.05) is 35.8 Å². The molecule has 2 N–H and O–H groups in total. The van der Waals surface area contributed by atoms with Crippen LogP contribution >= 0.6 is 11.3 Å². The standard InChI is InChI=1S/C18H24N4OS/c23-18(17-15-6-1-7-16(15)20-21-17)19-10-13-4-2-8-22(11-13)12-14-5-3-9-24-14/h3,5,9,13H,1-2,4,6-8,10-12H2,(H,19,23)(H,20,21). The van der Waals surface area contributed by atoms with E-state index in [-0.39, 0.29) is 5.91 Å². The molecule has 6 heteroatoms. The average Bonchev–Trinajstić information content (AvgIpc) is 3.30. The van der Waals surface area contributed by atoms with Crippen LogP contribution in [-0.4, -0.2) is 40.6 Å². The highest BCUT2D eigenvalue weighted by atomic mass is 32.1. The highest BCUT2D eigenvalue weighted by Gasteiger charge is 2.25. The highest BCUT2D eigenvalue weighted by molar-refractivity contribution is 7.09. The quantitative estimate of drug-likeness (QED) is 0.876. The number of amides is 1. The molecule has 1 unspecified atom stereocenters. The maximum absolute atomic E-state index is 12.4. The first-order valence-corrected chi connectivity index (χ1v) is 9.76.